The van der Waals surface area contributed by atoms with Crippen molar-refractivity contribution in [1.82, 2.24) is 5.48 Å². The number of hydroxylamine groups is 1. The Morgan fingerprint density at radius 1 is 1.19 bits per heavy atom. The second kappa shape index (κ2) is 7.13. The predicted octanol–water partition coefficient (Wildman–Crippen LogP) is 2.34. The van der Waals surface area contributed by atoms with Gasteiger partial charge in [-0.1, -0.05) is 48.4 Å². The van der Waals surface area contributed by atoms with Crippen LogP contribution >= 0.6 is 0 Å². The average Bonchev–Trinajstić information content (AvgIpc) is 2.54. The summed E-state index contributed by atoms with van der Waals surface area (Å²) in [4.78, 5) is 12.0. The van der Waals surface area contributed by atoms with Crippen LogP contribution in [0.2, 0.25) is 0 Å². The summed E-state index contributed by atoms with van der Waals surface area (Å²) < 4.78 is 5.36. The Labute approximate surface area is 123 Å². The molecule has 0 saturated heterocycles. The van der Waals surface area contributed by atoms with E-state index >= 15 is 0 Å². The van der Waals surface area contributed by atoms with Crippen molar-refractivity contribution in [3.8, 4) is 18.1 Å². The first kappa shape index (κ1) is 14.6. The van der Waals surface area contributed by atoms with Crippen molar-refractivity contribution in [2.75, 3.05) is 6.61 Å². The Hall–Kier alpha value is -2.77. The second-order valence-electron chi connectivity index (χ2n) is 4.39. The molecule has 0 bridgehead atoms. The third-order valence-electron chi connectivity index (χ3n) is 3.02. The molecule has 1 unspecified atom stereocenters. The number of hydrogen-bond donors (Lipinski definition) is 2. The van der Waals surface area contributed by atoms with Crippen LogP contribution in [0.15, 0.2) is 54.6 Å². The number of carbonyl (C=O) groups is 1. The Morgan fingerprint density at radius 2 is 1.90 bits per heavy atom. The van der Waals surface area contributed by atoms with E-state index < -0.39 is 11.8 Å². The summed E-state index contributed by atoms with van der Waals surface area (Å²) in [6, 6.07) is 16.3. The topological polar surface area (TPSA) is 58.6 Å². The number of carbonyl (C=O) groups excluding carboxylic acids is 1. The lowest BCUT2D eigenvalue weighted by Gasteiger charge is -2.16. The second-order valence-corrected chi connectivity index (χ2v) is 4.39. The van der Waals surface area contributed by atoms with Crippen molar-refractivity contribution in [3.63, 3.8) is 0 Å². The fraction of sp³-hybridized carbons (Fsp3) is 0.118. The zero-order valence-corrected chi connectivity index (χ0v) is 11.3. The minimum Gasteiger partial charge on any atom is -0.481 e. The molecule has 0 radical (unpaired) electrons. The summed E-state index contributed by atoms with van der Waals surface area (Å²) in [5.74, 6) is 1.85. The molecule has 0 aromatic heterocycles. The zero-order chi connectivity index (χ0) is 15.1. The van der Waals surface area contributed by atoms with Gasteiger partial charge in [0.05, 0.1) is 5.92 Å². The van der Waals surface area contributed by atoms with Crippen molar-refractivity contribution in [1.29, 1.82) is 0 Å². The molecule has 1 amide bonds. The quantitative estimate of drug-likeness (QED) is 0.502. The van der Waals surface area contributed by atoms with Gasteiger partial charge in [0, 0.05) is 0 Å². The van der Waals surface area contributed by atoms with E-state index in [1.54, 1.807) is 29.7 Å². The summed E-state index contributed by atoms with van der Waals surface area (Å²) in [6.07, 6.45) is 5.16. The molecule has 4 nitrogen and oxygen atoms in total. The maximum atomic E-state index is 12.0. The summed E-state index contributed by atoms with van der Waals surface area (Å²) in [5.41, 5.74) is 3.20. The Balaban J connectivity index is 2.38. The van der Waals surface area contributed by atoms with Crippen LogP contribution in [0, 0.1) is 12.3 Å². The molecule has 0 saturated carbocycles. The van der Waals surface area contributed by atoms with Gasteiger partial charge in [-0.2, -0.15) is 0 Å². The van der Waals surface area contributed by atoms with Gasteiger partial charge in [0.15, 0.2) is 0 Å². The summed E-state index contributed by atoms with van der Waals surface area (Å²) >= 11 is 0. The fourth-order valence-corrected chi connectivity index (χ4v) is 2.11. The molecular weight excluding hydrogens is 266 g/mol. The lowest BCUT2D eigenvalue weighted by Crippen LogP contribution is -2.27. The van der Waals surface area contributed by atoms with Gasteiger partial charge in [0.2, 0.25) is 0 Å². The number of benzene rings is 2. The van der Waals surface area contributed by atoms with Gasteiger partial charge < -0.3 is 4.74 Å². The maximum absolute atomic E-state index is 12.0. The molecule has 0 spiro atoms. The van der Waals surface area contributed by atoms with Crippen molar-refractivity contribution >= 4 is 5.91 Å². The smallest absolute Gasteiger partial charge is 0.255 e. The molecule has 0 heterocycles. The highest BCUT2D eigenvalue weighted by atomic mass is 16.5. The molecule has 2 N–H and O–H groups in total. The van der Waals surface area contributed by atoms with Crippen LogP contribution < -0.4 is 10.2 Å². The summed E-state index contributed by atoms with van der Waals surface area (Å²) in [5, 5.41) is 8.98. The lowest BCUT2D eigenvalue weighted by molar-refractivity contribution is -0.129. The van der Waals surface area contributed by atoms with Gasteiger partial charge in [-0.3, -0.25) is 10.0 Å². The molecule has 1 atom stereocenters. The highest BCUT2D eigenvalue weighted by Gasteiger charge is 2.22. The molecule has 0 aliphatic carbocycles. The molecule has 0 aliphatic rings. The third-order valence-corrected chi connectivity index (χ3v) is 3.02. The van der Waals surface area contributed by atoms with Crippen LogP contribution in [0.1, 0.15) is 17.0 Å². The number of terminal acetylenes is 1. The number of ether oxygens (including phenoxy) is 1. The van der Waals surface area contributed by atoms with Gasteiger partial charge in [0.1, 0.15) is 12.4 Å². The third kappa shape index (κ3) is 3.62. The first-order valence-electron chi connectivity index (χ1n) is 6.41. The van der Waals surface area contributed by atoms with Gasteiger partial charge in [-0.05, 0) is 23.3 Å². The molecular formula is C17H15NO3. The van der Waals surface area contributed by atoms with Gasteiger partial charge in [0.25, 0.3) is 5.91 Å². The molecule has 106 valence electrons. The number of amides is 1. The first-order chi connectivity index (χ1) is 10.3. The van der Waals surface area contributed by atoms with E-state index in [9.17, 15) is 4.79 Å². The maximum Gasteiger partial charge on any atom is 0.255 e. The Bertz CT molecular complexity index is 647. The van der Waals surface area contributed by atoms with E-state index in [1.165, 1.54) is 0 Å². The lowest BCUT2D eigenvalue weighted by atomic mass is 9.90. The van der Waals surface area contributed by atoms with Gasteiger partial charge in [-0.25, -0.2) is 5.48 Å². The predicted molar refractivity (Wildman–Crippen MR) is 79.0 cm³/mol. The van der Waals surface area contributed by atoms with Crippen molar-refractivity contribution in [2.45, 2.75) is 5.92 Å². The minimum absolute atomic E-state index is 0.158. The molecule has 0 aliphatic heterocycles. The normalized spacial score (nSPS) is 11.2. The molecule has 4 heteroatoms. The molecule has 2 aromatic carbocycles. The van der Waals surface area contributed by atoms with Gasteiger partial charge in [-0.15, -0.1) is 6.42 Å². The zero-order valence-electron chi connectivity index (χ0n) is 11.3. The van der Waals surface area contributed by atoms with E-state index in [0.29, 0.717) is 11.3 Å². The Kier molecular flexibility index (Phi) is 4.97. The molecule has 21 heavy (non-hydrogen) atoms. The monoisotopic (exact) mass is 281 g/mol. The summed E-state index contributed by atoms with van der Waals surface area (Å²) in [6.45, 7) is 0.158. The highest BCUT2D eigenvalue weighted by Crippen LogP contribution is 2.27. The largest absolute Gasteiger partial charge is 0.481 e. The number of nitrogens with one attached hydrogen (secondary N) is 1. The molecule has 0 fully saturated rings. The van der Waals surface area contributed by atoms with Crippen molar-refractivity contribution in [3.05, 3.63) is 65.7 Å². The van der Waals surface area contributed by atoms with E-state index in [-0.39, 0.29) is 6.61 Å². The van der Waals surface area contributed by atoms with E-state index in [4.69, 9.17) is 16.4 Å². The highest BCUT2D eigenvalue weighted by molar-refractivity contribution is 5.86. The van der Waals surface area contributed by atoms with Crippen LogP contribution in [0.5, 0.6) is 5.75 Å². The van der Waals surface area contributed by atoms with E-state index in [1.807, 2.05) is 30.3 Å². The first-order valence-corrected chi connectivity index (χ1v) is 6.41. The summed E-state index contributed by atoms with van der Waals surface area (Å²) in [7, 11) is 0. The van der Waals surface area contributed by atoms with Crippen molar-refractivity contribution < 1.29 is 14.7 Å². The standard InChI is InChI=1S/C17H15NO3/c1-2-11-21-15-10-6-9-14(12-15)16(17(19)18-20)13-7-4-3-5-8-13/h1,3-10,12,16,20H,11H2,(H,18,19). The number of rotatable bonds is 5. The van der Waals surface area contributed by atoms with Crippen LogP contribution in [-0.2, 0) is 4.79 Å². The van der Waals surface area contributed by atoms with Crippen molar-refractivity contribution in [2.24, 2.45) is 0 Å². The van der Waals surface area contributed by atoms with Crippen LogP contribution in [0.25, 0.3) is 0 Å². The van der Waals surface area contributed by atoms with Crippen LogP contribution in [-0.4, -0.2) is 17.7 Å². The SMILES string of the molecule is C#CCOc1cccc(C(C(=O)NO)c2ccccc2)c1. The van der Waals surface area contributed by atoms with E-state index in [0.717, 1.165) is 5.56 Å². The fourth-order valence-electron chi connectivity index (χ4n) is 2.11. The molecule has 2 aromatic rings. The minimum atomic E-state index is -0.620. The number of hydrogen-bond acceptors (Lipinski definition) is 3. The van der Waals surface area contributed by atoms with E-state index in [2.05, 4.69) is 5.92 Å². The van der Waals surface area contributed by atoms with Gasteiger partial charge >= 0.3 is 0 Å². The Morgan fingerprint density at radius 3 is 2.57 bits per heavy atom. The van der Waals surface area contributed by atoms with Crippen LogP contribution in [0.4, 0.5) is 0 Å². The molecule has 2 rings (SSSR count). The average molecular weight is 281 g/mol. The van der Waals surface area contributed by atoms with Crippen LogP contribution in [0.3, 0.4) is 0 Å².